The summed E-state index contributed by atoms with van der Waals surface area (Å²) in [5.41, 5.74) is 8.77. The Hall–Kier alpha value is -2.01. The summed E-state index contributed by atoms with van der Waals surface area (Å²) in [6, 6.07) is 5.91. The van der Waals surface area contributed by atoms with Crippen molar-refractivity contribution in [3.05, 3.63) is 52.6 Å². The van der Waals surface area contributed by atoms with E-state index >= 15 is 0 Å². The van der Waals surface area contributed by atoms with Crippen LogP contribution < -0.4 is 10.5 Å². The van der Waals surface area contributed by atoms with Crippen molar-refractivity contribution in [2.45, 2.75) is 19.9 Å². The highest BCUT2D eigenvalue weighted by Crippen LogP contribution is 2.26. The number of aryl methyl sites for hydroxylation is 2. The number of hydrogen-bond donors (Lipinski definition) is 1. The number of hydrogen-bond acceptors (Lipinski definition) is 4. The van der Waals surface area contributed by atoms with Gasteiger partial charge in [-0.15, -0.1) is 0 Å². The SMILES string of the molecule is COc1ccc(C(N)c2cc(C)nnc2C)c(F)c1. The molecule has 0 spiro atoms. The van der Waals surface area contributed by atoms with Gasteiger partial charge >= 0.3 is 0 Å². The maximum absolute atomic E-state index is 14.0. The van der Waals surface area contributed by atoms with E-state index in [0.29, 0.717) is 17.0 Å². The van der Waals surface area contributed by atoms with Gasteiger partial charge in [-0.2, -0.15) is 10.2 Å². The molecule has 0 aliphatic carbocycles. The summed E-state index contributed by atoms with van der Waals surface area (Å²) in [4.78, 5) is 0. The van der Waals surface area contributed by atoms with Gasteiger partial charge in [-0.1, -0.05) is 6.07 Å². The molecular weight excluding hydrogens is 245 g/mol. The first-order valence-electron chi connectivity index (χ1n) is 5.92. The van der Waals surface area contributed by atoms with Gasteiger partial charge in [0.05, 0.1) is 24.5 Å². The molecule has 0 aliphatic rings. The van der Waals surface area contributed by atoms with Crippen molar-refractivity contribution in [3.8, 4) is 5.75 Å². The summed E-state index contributed by atoms with van der Waals surface area (Å²) in [5, 5.41) is 7.96. The van der Waals surface area contributed by atoms with Gasteiger partial charge in [0.1, 0.15) is 11.6 Å². The molecule has 0 amide bonds. The van der Waals surface area contributed by atoms with Crippen molar-refractivity contribution in [1.82, 2.24) is 10.2 Å². The molecule has 0 fully saturated rings. The topological polar surface area (TPSA) is 61.0 Å². The standard InChI is InChI=1S/C14H16FN3O/c1-8-6-12(9(2)18-17-8)14(16)11-5-4-10(19-3)7-13(11)15/h4-7,14H,16H2,1-3H3. The molecule has 2 rings (SSSR count). The summed E-state index contributed by atoms with van der Waals surface area (Å²) in [5.74, 6) is 0.0786. The van der Waals surface area contributed by atoms with Crippen LogP contribution in [0, 0.1) is 19.7 Å². The Bertz CT molecular complexity index is 601. The Kier molecular flexibility index (Phi) is 3.76. The van der Waals surface area contributed by atoms with Crippen LogP contribution >= 0.6 is 0 Å². The molecule has 2 aromatic rings. The molecule has 0 radical (unpaired) electrons. The van der Waals surface area contributed by atoms with E-state index in [1.54, 1.807) is 12.1 Å². The number of aromatic nitrogens is 2. The maximum Gasteiger partial charge on any atom is 0.132 e. The van der Waals surface area contributed by atoms with Crippen molar-refractivity contribution in [2.75, 3.05) is 7.11 Å². The second-order valence-corrected chi connectivity index (χ2v) is 4.39. The van der Waals surface area contributed by atoms with Crippen LogP contribution in [0.15, 0.2) is 24.3 Å². The van der Waals surface area contributed by atoms with Gasteiger partial charge in [-0.25, -0.2) is 4.39 Å². The van der Waals surface area contributed by atoms with Gasteiger partial charge in [-0.3, -0.25) is 0 Å². The Morgan fingerprint density at radius 1 is 1.16 bits per heavy atom. The molecule has 0 saturated heterocycles. The first-order chi connectivity index (χ1) is 9.02. The summed E-state index contributed by atoms with van der Waals surface area (Å²) in [7, 11) is 1.49. The molecular formula is C14H16FN3O. The highest BCUT2D eigenvalue weighted by molar-refractivity contribution is 5.37. The molecule has 1 unspecified atom stereocenters. The number of methoxy groups -OCH3 is 1. The fraction of sp³-hybridized carbons (Fsp3) is 0.286. The third-order valence-corrected chi connectivity index (χ3v) is 3.02. The van der Waals surface area contributed by atoms with E-state index in [0.717, 1.165) is 11.3 Å². The highest BCUT2D eigenvalue weighted by atomic mass is 19.1. The number of rotatable bonds is 3. The van der Waals surface area contributed by atoms with E-state index < -0.39 is 6.04 Å². The zero-order valence-corrected chi connectivity index (χ0v) is 11.1. The number of nitrogens with zero attached hydrogens (tertiary/aromatic N) is 2. The van der Waals surface area contributed by atoms with Crippen molar-refractivity contribution in [2.24, 2.45) is 5.73 Å². The lowest BCUT2D eigenvalue weighted by molar-refractivity contribution is 0.410. The van der Waals surface area contributed by atoms with Gasteiger partial charge in [0.2, 0.25) is 0 Å². The molecule has 0 bridgehead atoms. The van der Waals surface area contributed by atoms with E-state index in [9.17, 15) is 4.39 Å². The second-order valence-electron chi connectivity index (χ2n) is 4.39. The van der Waals surface area contributed by atoms with E-state index in [1.807, 2.05) is 19.9 Å². The van der Waals surface area contributed by atoms with Crippen molar-refractivity contribution < 1.29 is 9.13 Å². The van der Waals surface area contributed by atoms with Crippen LogP contribution in [-0.4, -0.2) is 17.3 Å². The molecule has 0 saturated carbocycles. The van der Waals surface area contributed by atoms with E-state index in [-0.39, 0.29) is 5.82 Å². The van der Waals surface area contributed by atoms with E-state index in [4.69, 9.17) is 10.5 Å². The number of benzene rings is 1. The van der Waals surface area contributed by atoms with Gasteiger partial charge in [-0.05, 0) is 31.5 Å². The van der Waals surface area contributed by atoms with Crippen molar-refractivity contribution in [1.29, 1.82) is 0 Å². The predicted molar refractivity (Wildman–Crippen MR) is 70.5 cm³/mol. The lowest BCUT2D eigenvalue weighted by atomic mass is 9.98. The van der Waals surface area contributed by atoms with Gasteiger partial charge < -0.3 is 10.5 Å². The second kappa shape index (κ2) is 5.32. The molecule has 100 valence electrons. The summed E-state index contributed by atoms with van der Waals surface area (Å²) < 4.78 is 19.0. The van der Waals surface area contributed by atoms with Gasteiger partial charge in [0, 0.05) is 11.6 Å². The molecule has 5 heteroatoms. The van der Waals surface area contributed by atoms with E-state index in [2.05, 4.69) is 10.2 Å². The first kappa shape index (κ1) is 13.4. The number of ether oxygens (including phenoxy) is 1. The molecule has 0 aliphatic heterocycles. The van der Waals surface area contributed by atoms with Crippen LogP contribution in [0.2, 0.25) is 0 Å². The smallest absolute Gasteiger partial charge is 0.132 e. The minimum absolute atomic E-state index is 0.388. The summed E-state index contributed by atoms with van der Waals surface area (Å²) in [6.45, 7) is 3.64. The molecule has 1 atom stereocenters. The van der Waals surface area contributed by atoms with Crippen LogP contribution in [0.1, 0.15) is 28.6 Å². The molecule has 1 heterocycles. The Morgan fingerprint density at radius 3 is 2.53 bits per heavy atom. The summed E-state index contributed by atoms with van der Waals surface area (Å²) in [6.07, 6.45) is 0. The zero-order valence-electron chi connectivity index (χ0n) is 11.1. The fourth-order valence-electron chi connectivity index (χ4n) is 1.94. The van der Waals surface area contributed by atoms with Crippen molar-refractivity contribution in [3.63, 3.8) is 0 Å². The molecule has 1 aromatic heterocycles. The monoisotopic (exact) mass is 261 g/mol. The average molecular weight is 261 g/mol. The first-order valence-corrected chi connectivity index (χ1v) is 5.92. The lowest BCUT2D eigenvalue weighted by Gasteiger charge is -2.16. The van der Waals surface area contributed by atoms with Gasteiger partial charge in [0.15, 0.2) is 0 Å². The van der Waals surface area contributed by atoms with Crippen LogP contribution in [0.4, 0.5) is 4.39 Å². The van der Waals surface area contributed by atoms with Gasteiger partial charge in [0.25, 0.3) is 0 Å². The van der Waals surface area contributed by atoms with Crippen LogP contribution in [0.3, 0.4) is 0 Å². The minimum Gasteiger partial charge on any atom is -0.497 e. The summed E-state index contributed by atoms with van der Waals surface area (Å²) >= 11 is 0. The minimum atomic E-state index is -0.569. The average Bonchev–Trinajstić information content (AvgIpc) is 2.40. The quantitative estimate of drug-likeness (QED) is 0.920. The van der Waals surface area contributed by atoms with Crippen LogP contribution in [-0.2, 0) is 0 Å². The largest absolute Gasteiger partial charge is 0.497 e. The van der Waals surface area contributed by atoms with Crippen LogP contribution in [0.25, 0.3) is 0 Å². The third-order valence-electron chi connectivity index (χ3n) is 3.02. The Labute approximate surface area is 111 Å². The number of halogens is 1. The Balaban J connectivity index is 2.43. The molecule has 1 aromatic carbocycles. The van der Waals surface area contributed by atoms with Crippen LogP contribution in [0.5, 0.6) is 5.75 Å². The molecule has 19 heavy (non-hydrogen) atoms. The lowest BCUT2D eigenvalue weighted by Crippen LogP contribution is -2.16. The zero-order chi connectivity index (χ0) is 14.0. The molecule has 2 N–H and O–H groups in total. The van der Waals surface area contributed by atoms with Crippen molar-refractivity contribution >= 4 is 0 Å². The molecule has 4 nitrogen and oxygen atoms in total. The Morgan fingerprint density at radius 2 is 1.89 bits per heavy atom. The predicted octanol–water partition coefficient (Wildman–Crippen LogP) is 2.29. The normalized spacial score (nSPS) is 12.3. The fourth-order valence-corrected chi connectivity index (χ4v) is 1.94. The maximum atomic E-state index is 14.0. The van der Waals surface area contributed by atoms with E-state index in [1.165, 1.54) is 13.2 Å². The highest BCUT2D eigenvalue weighted by Gasteiger charge is 2.17. The number of nitrogens with two attached hydrogens (primary N) is 1. The third kappa shape index (κ3) is 2.71.